The molecule has 1 atom stereocenters. The molecule has 19 heavy (non-hydrogen) atoms. The Bertz CT molecular complexity index is 384. The van der Waals surface area contributed by atoms with Gasteiger partial charge in [-0.3, -0.25) is 4.79 Å². The predicted molar refractivity (Wildman–Crippen MR) is 75.1 cm³/mol. The maximum atomic E-state index is 12.0. The number of hydrogen-bond acceptors (Lipinski definition) is 4. The predicted octanol–water partition coefficient (Wildman–Crippen LogP) is -0.0968. The number of nitrogens with two attached hydrogens (primary N) is 1. The molecular formula is C12H25N3O3S. The number of likely N-dealkylation sites (tertiary alicyclic amines) is 1. The first kappa shape index (κ1) is 16.4. The zero-order valence-corrected chi connectivity index (χ0v) is 12.4. The fraction of sp³-hybridized carbons (Fsp3) is 0.917. The third-order valence-corrected chi connectivity index (χ3v) is 4.04. The Balaban J connectivity index is 2.34. The van der Waals surface area contributed by atoms with E-state index in [1.165, 1.54) is 0 Å². The quantitative estimate of drug-likeness (QED) is 0.641. The molecule has 0 aromatic rings. The largest absolute Gasteiger partial charge is 0.342 e. The first-order chi connectivity index (χ1) is 8.92. The summed E-state index contributed by atoms with van der Waals surface area (Å²) in [4.78, 5) is 13.8. The minimum atomic E-state index is -3.15. The van der Waals surface area contributed by atoms with Crippen LogP contribution in [0, 0.1) is 5.92 Å². The highest BCUT2D eigenvalue weighted by Crippen LogP contribution is 2.17. The van der Waals surface area contributed by atoms with Crippen LogP contribution in [0.1, 0.15) is 32.1 Å². The van der Waals surface area contributed by atoms with Gasteiger partial charge in [-0.2, -0.15) is 0 Å². The lowest BCUT2D eigenvalue weighted by atomic mass is 9.98. The van der Waals surface area contributed by atoms with Crippen LogP contribution in [0.3, 0.4) is 0 Å². The van der Waals surface area contributed by atoms with Gasteiger partial charge in [-0.25, -0.2) is 13.1 Å². The molecule has 0 saturated carbocycles. The van der Waals surface area contributed by atoms with Crippen molar-refractivity contribution in [2.75, 3.05) is 32.4 Å². The van der Waals surface area contributed by atoms with Crippen LogP contribution in [0.5, 0.6) is 0 Å². The van der Waals surface area contributed by atoms with E-state index < -0.39 is 10.0 Å². The second-order valence-electron chi connectivity index (χ2n) is 5.21. The number of nitrogens with one attached hydrogen (secondary N) is 1. The van der Waals surface area contributed by atoms with Gasteiger partial charge in [0.15, 0.2) is 0 Å². The van der Waals surface area contributed by atoms with Crippen LogP contribution in [0.15, 0.2) is 0 Å². The van der Waals surface area contributed by atoms with Crippen LogP contribution in [-0.2, 0) is 14.8 Å². The molecule has 1 rings (SSSR count). The zero-order chi connectivity index (χ0) is 14.3. The third kappa shape index (κ3) is 6.89. The molecule has 0 aromatic carbocycles. The summed E-state index contributed by atoms with van der Waals surface area (Å²) in [6.45, 7) is 2.49. The van der Waals surface area contributed by atoms with Crippen molar-refractivity contribution >= 4 is 15.9 Å². The van der Waals surface area contributed by atoms with Gasteiger partial charge in [0.25, 0.3) is 0 Å². The van der Waals surface area contributed by atoms with E-state index in [1.54, 1.807) is 0 Å². The normalized spacial score (nSPS) is 20.5. The van der Waals surface area contributed by atoms with E-state index in [-0.39, 0.29) is 11.8 Å². The van der Waals surface area contributed by atoms with Gasteiger partial charge in [0, 0.05) is 26.1 Å². The van der Waals surface area contributed by atoms with E-state index in [1.807, 2.05) is 4.90 Å². The van der Waals surface area contributed by atoms with Crippen LogP contribution in [0.2, 0.25) is 0 Å². The topological polar surface area (TPSA) is 92.5 Å². The third-order valence-electron chi connectivity index (χ3n) is 3.35. The van der Waals surface area contributed by atoms with Crippen LogP contribution in [-0.4, -0.2) is 51.7 Å². The molecule has 1 aliphatic rings. The molecule has 1 saturated heterocycles. The molecule has 0 aromatic heterocycles. The SMILES string of the molecule is CS(=O)(=O)NCC1CCCN(C(=O)CCCCN)C1. The summed E-state index contributed by atoms with van der Waals surface area (Å²) in [5.41, 5.74) is 5.41. The summed E-state index contributed by atoms with van der Waals surface area (Å²) in [7, 11) is -3.15. The number of carbonyl (C=O) groups is 1. The van der Waals surface area contributed by atoms with E-state index in [0.717, 1.165) is 38.5 Å². The minimum absolute atomic E-state index is 0.164. The van der Waals surface area contributed by atoms with Crippen molar-refractivity contribution in [2.24, 2.45) is 11.7 Å². The lowest BCUT2D eigenvalue weighted by Crippen LogP contribution is -2.43. The number of carbonyl (C=O) groups excluding carboxylic acids is 1. The van der Waals surface area contributed by atoms with E-state index in [2.05, 4.69) is 4.72 Å². The monoisotopic (exact) mass is 291 g/mol. The van der Waals surface area contributed by atoms with Crippen molar-refractivity contribution in [3.63, 3.8) is 0 Å². The van der Waals surface area contributed by atoms with Crippen LogP contribution < -0.4 is 10.5 Å². The lowest BCUT2D eigenvalue weighted by molar-refractivity contribution is -0.133. The van der Waals surface area contributed by atoms with Gasteiger partial charge in [-0.1, -0.05) is 0 Å². The molecular weight excluding hydrogens is 266 g/mol. The Hall–Kier alpha value is -0.660. The molecule has 112 valence electrons. The van der Waals surface area contributed by atoms with Crippen LogP contribution in [0.25, 0.3) is 0 Å². The van der Waals surface area contributed by atoms with Crippen LogP contribution in [0.4, 0.5) is 0 Å². The molecule has 1 fully saturated rings. The molecule has 1 amide bonds. The Morgan fingerprint density at radius 3 is 2.79 bits per heavy atom. The van der Waals surface area contributed by atoms with E-state index in [9.17, 15) is 13.2 Å². The van der Waals surface area contributed by atoms with Crippen molar-refractivity contribution in [3.05, 3.63) is 0 Å². The molecule has 0 bridgehead atoms. The summed E-state index contributed by atoms with van der Waals surface area (Å²) in [6, 6.07) is 0. The second-order valence-corrected chi connectivity index (χ2v) is 7.05. The van der Waals surface area contributed by atoms with E-state index in [0.29, 0.717) is 26.1 Å². The van der Waals surface area contributed by atoms with Crippen molar-refractivity contribution in [3.8, 4) is 0 Å². The number of rotatable bonds is 7. The summed E-state index contributed by atoms with van der Waals surface area (Å²) in [6.07, 6.45) is 5.32. The molecule has 0 spiro atoms. The summed E-state index contributed by atoms with van der Waals surface area (Å²) in [5, 5.41) is 0. The molecule has 3 N–H and O–H groups in total. The molecule has 0 radical (unpaired) electrons. The Morgan fingerprint density at radius 1 is 1.42 bits per heavy atom. The van der Waals surface area contributed by atoms with E-state index in [4.69, 9.17) is 5.73 Å². The van der Waals surface area contributed by atoms with Crippen molar-refractivity contribution in [1.82, 2.24) is 9.62 Å². The fourth-order valence-electron chi connectivity index (χ4n) is 2.31. The van der Waals surface area contributed by atoms with Crippen molar-refractivity contribution in [2.45, 2.75) is 32.1 Å². The van der Waals surface area contributed by atoms with Gasteiger partial charge in [-0.05, 0) is 38.1 Å². The average molecular weight is 291 g/mol. The first-order valence-corrected chi connectivity index (χ1v) is 8.74. The summed E-state index contributed by atoms with van der Waals surface area (Å²) in [5.74, 6) is 0.388. The molecule has 1 unspecified atom stereocenters. The second kappa shape index (κ2) is 7.81. The van der Waals surface area contributed by atoms with Crippen molar-refractivity contribution in [1.29, 1.82) is 0 Å². The molecule has 0 aliphatic carbocycles. The number of unbranched alkanes of at least 4 members (excludes halogenated alkanes) is 1. The van der Waals surface area contributed by atoms with Gasteiger partial charge in [0.2, 0.25) is 15.9 Å². The number of nitrogens with zero attached hydrogens (tertiary/aromatic N) is 1. The summed E-state index contributed by atoms with van der Waals surface area (Å²) < 4.78 is 24.6. The molecule has 1 aliphatic heterocycles. The first-order valence-electron chi connectivity index (χ1n) is 6.85. The number of piperidine rings is 1. The van der Waals surface area contributed by atoms with Gasteiger partial charge in [0.1, 0.15) is 0 Å². The fourth-order valence-corrected chi connectivity index (χ4v) is 2.84. The van der Waals surface area contributed by atoms with Gasteiger partial charge in [0.05, 0.1) is 6.26 Å². The Morgan fingerprint density at radius 2 is 2.16 bits per heavy atom. The Kier molecular flexibility index (Phi) is 6.74. The van der Waals surface area contributed by atoms with Gasteiger partial charge >= 0.3 is 0 Å². The number of sulfonamides is 1. The van der Waals surface area contributed by atoms with Gasteiger partial charge in [-0.15, -0.1) is 0 Å². The maximum Gasteiger partial charge on any atom is 0.222 e. The molecule has 6 nitrogen and oxygen atoms in total. The highest BCUT2D eigenvalue weighted by Gasteiger charge is 2.23. The number of hydrogen-bond donors (Lipinski definition) is 2. The summed E-state index contributed by atoms with van der Waals surface area (Å²) >= 11 is 0. The van der Waals surface area contributed by atoms with E-state index >= 15 is 0 Å². The number of amides is 1. The average Bonchev–Trinajstić information content (AvgIpc) is 2.36. The maximum absolute atomic E-state index is 12.0. The lowest BCUT2D eigenvalue weighted by Gasteiger charge is -2.32. The minimum Gasteiger partial charge on any atom is -0.342 e. The van der Waals surface area contributed by atoms with Crippen LogP contribution >= 0.6 is 0 Å². The van der Waals surface area contributed by atoms with Crippen molar-refractivity contribution < 1.29 is 13.2 Å². The molecule has 7 heteroatoms. The van der Waals surface area contributed by atoms with Gasteiger partial charge < -0.3 is 10.6 Å². The smallest absolute Gasteiger partial charge is 0.222 e. The molecule has 1 heterocycles. The highest BCUT2D eigenvalue weighted by molar-refractivity contribution is 7.88. The highest BCUT2D eigenvalue weighted by atomic mass is 32.2. The Labute approximate surface area is 115 Å². The standard InChI is InChI=1S/C12H25N3O3S/c1-19(17,18)14-9-11-5-4-8-15(10-11)12(16)6-2-3-7-13/h11,14H,2-10,13H2,1H3. The zero-order valence-electron chi connectivity index (χ0n) is 11.6.